The number of carbonyl (C=O) groups excluding carboxylic acids is 2. The standard InChI is InChI=1S/C28H31BrClN3O4S/c1-3-17-31-28(35)26(18-21-9-5-4-6-10-21)32(19-22-11-7-8-12-25(22)30)27(34)20-33(38(2,36)37)24-15-13-23(29)14-16-24/h4-16,26H,3,17-20H2,1-2H3,(H,31,35)/t26-/m1/s1. The van der Waals surface area contributed by atoms with Crippen molar-refractivity contribution in [1.29, 1.82) is 0 Å². The van der Waals surface area contributed by atoms with E-state index in [0.717, 1.165) is 27.0 Å². The molecular weight excluding hydrogens is 590 g/mol. The number of hydrogen-bond donors (Lipinski definition) is 1. The number of nitrogens with zero attached hydrogens (tertiary/aromatic N) is 2. The van der Waals surface area contributed by atoms with E-state index in [1.54, 1.807) is 48.5 Å². The fourth-order valence-corrected chi connectivity index (χ4v) is 5.26. The normalized spacial score (nSPS) is 12.0. The highest BCUT2D eigenvalue weighted by Gasteiger charge is 2.33. The molecule has 0 aliphatic carbocycles. The van der Waals surface area contributed by atoms with Gasteiger partial charge in [0.15, 0.2) is 0 Å². The second kappa shape index (κ2) is 13.8. The van der Waals surface area contributed by atoms with E-state index in [-0.39, 0.29) is 18.9 Å². The van der Waals surface area contributed by atoms with E-state index in [2.05, 4.69) is 21.2 Å². The molecule has 3 rings (SSSR count). The molecule has 0 radical (unpaired) electrons. The molecule has 0 aromatic heterocycles. The quantitative estimate of drug-likeness (QED) is 0.308. The van der Waals surface area contributed by atoms with Crippen LogP contribution in [0.1, 0.15) is 24.5 Å². The van der Waals surface area contributed by atoms with Crippen molar-refractivity contribution in [3.05, 3.63) is 99.5 Å². The molecule has 202 valence electrons. The van der Waals surface area contributed by atoms with Crippen LogP contribution in [0.25, 0.3) is 0 Å². The smallest absolute Gasteiger partial charge is 0.244 e. The van der Waals surface area contributed by atoms with Crippen LogP contribution in [0.5, 0.6) is 0 Å². The number of carbonyl (C=O) groups is 2. The van der Waals surface area contributed by atoms with Gasteiger partial charge in [-0.3, -0.25) is 13.9 Å². The lowest BCUT2D eigenvalue weighted by molar-refractivity contribution is -0.140. The summed E-state index contributed by atoms with van der Waals surface area (Å²) in [4.78, 5) is 28.8. The maximum absolute atomic E-state index is 14.0. The monoisotopic (exact) mass is 619 g/mol. The van der Waals surface area contributed by atoms with Gasteiger partial charge in [-0.15, -0.1) is 0 Å². The minimum absolute atomic E-state index is 0.0352. The number of benzene rings is 3. The summed E-state index contributed by atoms with van der Waals surface area (Å²) in [6.07, 6.45) is 2.04. The van der Waals surface area contributed by atoms with Gasteiger partial charge >= 0.3 is 0 Å². The van der Waals surface area contributed by atoms with Crippen LogP contribution < -0.4 is 9.62 Å². The van der Waals surface area contributed by atoms with Gasteiger partial charge in [-0.25, -0.2) is 8.42 Å². The van der Waals surface area contributed by atoms with Gasteiger partial charge in [-0.05, 0) is 47.9 Å². The van der Waals surface area contributed by atoms with Crippen molar-refractivity contribution in [3.8, 4) is 0 Å². The van der Waals surface area contributed by atoms with E-state index in [9.17, 15) is 18.0 Å². The first kappa shape index (κ1) is 29.7. The zero-order valence-corrected chi connectivity index (χ0v) is 24.5. The minimum atomic E-state index is -3.82. The molecule has 3 aromatic carbocycles. The molecule has 0 aliphatic heterocycles. The van der Waals surface area contributed by atoms with Crippen LogP contribution >= 0.6 is 27.5 Å². The molecule has 0 saturated carbocycles. The fourth-order valence-electron chi connectivity index (χ4n) is 3.95. The molecule has 0 saturated heterocycles. The molecule has 38 heavy (non-hydrogen) atoms. The van der Waals surface area contributed by atoms with Crippen molar-refractivity contribution >= 4 is 55.1 Å². The third-order valence-electron chi connectivity index (χ3n) is 5.91. The zero-order chi connectivity index (χ0) is 27.7. The Bertz CT molecular complexity index is 1340. The lowest BCUT2D eigenvalue weighted by Crippen LogP contribution is -2.53. The SMILES string of the molecule is CCCNC(=O)[C@@H](Cc1ccccc1)N(Cc1ccccc1Cl)C(=O)CN(c1ccc(Br)cc1)S(C)(=O)=O. The molecule has 10 heteroatoms. The number of amides is 2. The third-order valence-corrected chi connectivity index (χ3v) is 7.95. The molecule has 2 amide bonds. The lowest BCUT2D eigenvalue weighted by Gasteiger charge is -2.33. The number of hydrogen-bond acceptors (Lipinski definition) is 4. The van der Waals surface area contributed by atoms with E-state index >= 15 is 0 Å². The topological polar surface area (TPSA) is 86.8 Å². The summed E-state index contributed by atoms with van der Waals surface area (Å²) >= 11 is 9.79. The summed E-state index contributed by atoms with van der Waals surface area (Å²) in [6.45, 7) is 1.96. The van der Waals surface area contributed by atoms with Crippen LogP contribution in [-0.4, -0.2) is 50.5 Å². The van der Waals surface area contributed by atoms with Crippen LogP contribution in [-0.2, 0) is 32.6 Å². The molecule has 0 bridgehead atoms. The molecule has 0 spiro atoms. The van der Waals surface area contributed by atoms with E-state index in [1.807, 2.05) is 37.3 Å². The predicted molar refractivity (Wildman–Crippen MR) is 156 cm³/mol. The Hall–Kier alpha value is -2.88. The largest absolute Gasteiger partial charge is 0.354 e. The second-order valence-corrected chi connectivity index (χ2v) is 12.1. The fraction of sp³-hybridized carbons (Fsp3) is 0.286. The van der Waals surface area contributed by atoms with Crippen LogP contribution in [0.3, 0.4) is 0 Å². The Morgan fingerprint density at radius 2 is 1.61 bits per heavy atom. The van der Waals surface area contributed by atoms with Crippen LogP contribution in [0, 0.1) is 0 Å². The molecule has 0 fully saturated rings. The predicted octanol–water partition coefficient (Wildman–Crippen LogP) is 5.03. The van der Waals surface area contributed by atoms with E-state index in [1.165, 1.54) is 4.90 Å². The number of halogens is 2. The number of anilines is 1. The van der Waals surface area contributed by atoms with Gasteiger partial charge in [0.2, 0.25) is 21.8 Å². The highest BCUT2D eigenvalue weighted by molar-refractivity contribution is 9.10. The molecule has 0 aliphatic rings. The summed E-state index contributed by atoms with van der Waals surface area (Å²) in [7, 11) is -3.82. The average Bonchev–Trinajstić information content (AvgIpc) is 2.89. The van der Waals surface area contributed by atoms with E-state index in [0.29, 0.717) is 22.8 Å². The number of sulfonamides is 1. The molecule has 3 aromatic rings. The summed E-state index contributed by atoms with van der Waals surface area (Å²) in [5.41, 5.74) is 1.86. The van der Waals surface area contributed by atoms with Gasteiger partial charge < -0.3 is 10.2 Å². The van der Waals surface area contributed by atoms with Gasteiger partial charge in [-0.2, -0.15) is 0 Å². The van der Waals surface area contributed by atoms with Gasteiger partial charge in [0.25, 0.3) is 0 Å². The lowest BCUT2D eigenvalue weighted by atomic mass is 10.0. The molecular formula is C28H31BrClN3O4S. The maximum atomic E-state index is 14.0. The third kappa shape index (κ3) is 8.31. The van der Waals surface area contributed by atoms with Gasteiger partial charge in [0, 0.05) is 29.0 Å². The minimum Gasteiger partial charge on any atom is -0.354 e. The number of nitrogens with one attached hydrogen (secondary N) is 1. The summed E-state index contributed by atoms with van der Waals surface area (Å²) < 4.78 is 27.4. The molecule has 1 N–H and O–H groups in total. The van der Waals surface area contributed by atoms with E-state index in [4.69, 9.17) is 11.6 Å². The summed E-state index contributed by atoms with van der Waals surface area (Å²) in [6, 6.07) is 22.2. The van der Waals surface area contributed by atoms with Gasteiger partial charge in [0.05, 0.1) is 11.9 Å². The molecule has 0 heterocycles. The van der Waals surface area contributed by atoms with Crippen molar-refractivity contribution in [2.24, 2.45) is 0 Å². The highest BCUT2D eigenvalue weighted by Crippen LogP contribution is 2.24. The maximum Gasteiger partial charge on any atom is 0.244 e. The average molecular weight is 621 g/mol. The Balaban J connectivity index is 2.04. The van der Waals surface area contributed by atoms with Gasteiger partial charge in [-0.1, -0.05) is 83.0 Å². The summed E-state index contributed by atoms with van der Waals surface area (Å²) in [5.74, 6) is -0.837. The number of rotatable bonds is 12. The Kier molecular flexibility index (Phi) is 10.8. The first-order valence-electron chi connectivity index (χ1n) is 12.2. The van der Waals surface area contributed by atoms with Crippen molar-refractivity contribution in [2.45, 2.75) is 32.4 Å². The van der Waals surface area contributed by atoms with Crippen LogP contribution in [0.2, 0.25) is 5.02 Å². The van der Waals surface area contributed by atoms with Crippen molar-refractivity contribution < 1.29 is 18.0 Å². The molecule has 1 atom stereocenters. The van der Waals surface area contributed by atoms with Crippen molar-refractivity contribution in [3.63, 3.8) is 0 Å². The highest BCUT2D eigenvalue weighted by atomic mass is 79.9. The Morgan fingerprint density at radius 1 is 0.974 bits per heavy atom. The second-order valence-electron chi connectivity index (χ2n) is 8.86. The van der Waals surface area contributed by atoms with Gasteiger partial charge in [0.1, 0.15) is 12.6 Å². The Labute approximate surface area is 238 Å². The summed E-state index contributed by atoms with van der Waals surface area (Å²) in [5, 5.41) is 3.36. The van der Waals surface area contributed by atoms with Crippen molar-refractivity contribution in [1.82, 2.24) is 10.2 Å². The van der Waals surface area contributed by atoms with Crippen molar-refractivity contribution in [2.75, 3.05) is 23.7 Å². The van der Waals surface area contributed by atoms with E-state index < -0.39 is 28.5 Å². The van der Waals surface area contributed by atoms with Crippen LogP contribution in [0.15, 0.2) is 83.3 Å². The first-order chi connectivity index (χ1) is 18.1. The zero-order valence-electron chi connectivity index (χ0n) is 21.3. The molecule has 0 unspecified atom stereocenters. The molecule has 7 nitrogen and oxygen atoms in total. The van der Waals surface area contributed by atoms with Crippen LogP contribution in [0.4, 0.5) is 5.69 Å². The first-order valence-corrected chi connectivity index (χ1v) is 15.2. The Morgan fingerprint density at radius 3 is 2.21 bits per heavy atom.